The van der Waals surface area contributed by atoms with Crippen LogP contribution in [0.25, 0.3) is 0 Å². The fourth-order valence-electron chi connectivity index (χ4n) is 1.87. The highest BCUT2D eigenvalue weighted by Crippen LogP contribution is 2.28. The lowest BCUT2D eigenvalue weighted by Gasteiger charge is -2.21. The molecule has 1 heterocycles. The topological polar surface area (TPSA) is 57.0 Å². The summed E-state index contributed by atoms with van der Waals surface area (Å²) in [6, 6.07) is 5.99. The molecule has 1 saturated carbocycles. The molecule has 88 valence electrons. The number of rotatable bonds is 4. The second kappa shape index (κ2) is 4.96. The Bertz CT molecular complexity index is 460. The maximum Gasteiger partial charge on any atom is 0.255 e. The predicted molar refractivity (Wildman–Crippen MR) is 63.3 cm³/mol. The largest absolute Gasteiger partial charge is 0.335 e. The third kappa shape index (κ3) is 2.62. The SMILES string of the molecule is Cc1ncccc1C(=O)N(CCC#N)C1CC1. The van der Waals surface area contributed by atoms with Crippen LogP contribution in [0.4, 0.5) is 0 Å². The average Bonchev–Trinajstić information content (AvgIpc) is 3.14. The number of aryl methyl sites for hydroxylation is 1. The highest BCUT2D eigenvalue weighted by atomic mass is 16.2. The fourth-order valence-corrected chi connectivity index (χ4v) is 1.87. The van der Waals surface area contributed by atoms with Gasteiger partial charge in [-0.25, -0.2) is 0 Å². The van der Waals surface area contributed by atoms with Crippen LogP contribution in [0.1, 0.15) is 35.3 Å². The molecule has 0 unspecified atom stereocenters. The molecule has 0 atom stereocenters. The molecule has 0 spiro atoms. The van der Waals surface area contributed by atoms with Gasteiger partial charge in [-0.05, 0) is 31.9 Å². The van der Waals surface area contributed by atoms with E-state index in [4.69, 9.17) is 5.26 Å². The Morgan fingerprint density at radius 2 is 2.41 bits per heavy atom. The van der Waals surface area contributed by atoms with Gasteiger partial charge in [-0.2, -0.15) is 5.26 Å². The predicted octanol–water partition coefficient (Wildman–Crippen LogP) is 1.91. The molecule has 0 aliphatic heterocycles. The van der Waals surface area contributed by atoms with Gasteiger partial charge in [0.05, 0.1) is 18.1 Å². The molecule has 17 heavy (non-hydrogen) atoms. The molecule has 0 N–H and O–H groups in total. The van der Waals surface area contributed by atoms with E-state index in [2.05, 4.69) is 11.1 Å². The Morgan fingerprint density at radius 1 is 1.65 bits per heavy atom. The summed E-state index contributed by atoms with van der Waals surface area (Å²) in [6.07, 6.45) is 4.18. The Balaban J connectivity index is 2.16. The minimum absolute atomic E-state index is 0.00773. The molecule has 1 fully saturated rings. The first-order chi connectivity index (χ1) is 8.24. The van der Waals surface area contributed by atoms with Gasteiger partial charge >= 0.3 is 0 Å². The number of carbonyl (C=O) groups excluding carboxylic acids is 1. The van der Waals surface area contributed by atoms with E-state index in [0.717, 1.165) is 18.5 Å². The van der Waals surface area contributed by atoms with Crippen molar-refractivity contribution in [3.8, 4) is 6.07 Å². The number of pyridine rings is 1. The van der Waals surface area contributed by atoms with Crippen LogP contribution in [0.5, 0.6) is 0 Å². The van der Waals surface area contributed by atoms with Gasteiger partial charge in [-0.3, -0.25) is 9.78 Å². The van der Waals surface area contributed by atoms with E-state index >= 15 is 0 Å². The molecule has 4 heteroatoms. The van der Waals surface area contributed by atoms with E-state index in [0.29, 0.717) is 24.6 Å². The zero-order valence-electron chi connectivity index (χ0n) is 9.89. The Hall–Kier alpha value is -1.89. The zero-order valence-corrected chi connectivity index (χ0v) is 9.89. The van der Waals surface area contributed by atoms with Crippen LogP contribution < -0.4 is 0 Å². The average molecular weight is 229 g/mol. The highest BCUT2D eigenvalue weighted by molar-refractivity contribution is 5.95. The molecule has 1 aliphatic carbocycles. The minimum atomic E-state index is 0.00773. The quantitative estimate of drug-likeness (QED) is 0.792. The lowest BCUT2D eigenvalue weighted by Crippen LogP contribution is -2.34. The van der Waals surface area contributed by atoms with Gasteiger partial charge in [0.15, 0.2) is 0 Å². The summed E-state index contributed by atoms with van der Waals surface area (Å²) in [7, 11) is 0. The molecule has 1 aromatic heterocycles. The summed E-state index contributed by atoms with van der Waals surface area (Å²) in [5.74, 6) is 0.00773. The van der Waals surface area contributed by atoms with Crippen molar-refractivity contribution in [1.82, 2.24) is 9.88 Å². The number of carbonyl (C=O) groups is 1. The summed E-state index contributed by atoms with van der Waals surface area (Å²) < 4.78 is 0. The van der Waals surface area contributed by atoms with Crippen molar-refractivity contribution in [3.63, 3.8) is 0 Å². The van der Waals surface area contributed by atoms with Gasteiger partial charge in [-0.15, -0.1) is 0 Å². The molecule has 0 bridgehead atoms. The van der Waals surface area contributed by atoms with Crippen LogP contribution >= 0.6 is 0 Å². The first-order valence-electron chi connectivity index (χ1n) is 5.83. The van der Waals surface area contributed by atoms with Gasteiger partial charge in [0, 0.05) is 24.5 Å². The number of nitrogens with zero attached hydrogens (tertiary/aromatic N) is 3. The number of nitriles is 1. The van der Waals surface area contributed by atoms with Gasteiger partial charge in [0.2, 0.25) is 0 Å². The molecule has 1 amide bonds. The summed E-state index contributed by atoms with van der Waals surface area (Å²) in [4.78, 5) is 18.3. The van der Waals surface area contributed by atoms with Crippen molar-refractivity contribution >= 4 is 5.91 Å². The van der Waals surface area contributed by atoms with Gasteiger partial charge in [-0.1, -0.05) is 0 Å². The number of amides is 1. The Morgan fingerprint density at radius 3 is 3.00 bits per heavy atom. The van der Waals surface area contributed by atoms with Crippen LogP contribution in [0.15, 0.2) is 18.3 Å². The molecule has 0 radical (unpaired) electrons. The first-order valence-corrected chi connectivity index (χ1v) is 5.83. The maximum absolute atomic E-state index is 12.3. The number of aromatic nitrogens is 1. The van der Waals surface area contributed by atoms with Crippen molar-refractivity contribution in [2.24, 2.45) is 0 Å². The lowest BCUT2D eigenvalue weighted by atomic mass is 10.1. The van der Waals surface area contributed by atoms with Crippen LogP contribution in [0, 0.1) is 18.3 Å². The van der Waals surface area contributed by atoms with E-state index in [9.17, 15) is 4.79 Å². The van der Waals surface area contributed by atoms with E-state index in [-0.39, 0.29) is 5.91 Å². The third-order valence-electron chi connectivity index (χ3n) is 2.95. The standard InChI is InChI=1S/C13H15N3O/c1-10-12(4-2-8-15-10)13(17)16(9-3-7-14)11-5-6-11/h2,4,8,11H,3,5-6,9H2,1H3. The van der Waals surface area contributed by atoms with Crippen LogP contribution in [0.3, 0.4) is 0 Å². The molecule has 1 aliphatic rings. The number of hydrogen-bond donors (Lipinski definition) is 0. The van der Waals surface area contributed by atoms with E-state index < -0.39 is 0 Å². The van der Waals surface area contributed by atoms with Crippen molar-refractivity contribution < 1.29 is 4.79 Å². The summed E-state index contributed by atoms with van der Waals surface area (Å²) in [5, 5.41) is 8.62. The first kappa shape index (κ1) is 11.6. The zero-order chi connectivity index (χ0) is 12.3. The number of hydrogen-bond acceptors (Lipinski definition) is 3. The van der Waals surface area contributed by atoms with Gasteiger partial charge in [0.1, 0.15) is 0 Å². The van der Waals surface area contributed by atoms with Crippen LogP contribution in [-0.2, 0) is 0 Å². The summed E-state index contributed by atoms with van der Waals surface area (Å²) in [5.41, 5.74) is 1.40. The third-order valence-corrected chi connectivity index (χ3v) is 2.95. The minimum Gasteiger partial charge on any atom is -0.335 e. The van der Waals surface area contributed by atoms with E-state index in [1.165, 1.54) is 0 Å². The highest BCUT2D eigenvalue weighted by Gasteiger charge is 2.33. The van der Waals surface area contributed by atoms with Crippen molar-refractivity contribution in [2.45, 2.75) is 32.2 Å². The van der Waals surface area contributed by atoms with Gasteiger partial charge < -0.3 is 4.90 Å². The van der Waals surface area contributed by atoms with E-state index in [1.54, 1.807) is 18.3 Å². The van der Waals surface area contributed by atoms with Crippen LogP contribution in [-0.4, -0.2) is 28.4 Å². The second-order valence-electron chi connectivity index (χ2n) is 4.27. The molecule has 1 aromatic rings. The summed E-state index contributed by atoms with van der Waals surface area (Å²) in [6.45, 7) is 2.36. The Labute approximate surface area is 101 Å². The smallest absolute Gasteiger partial charge is 0.255 e. The molecule has 2 rings (SSSR count). The molecular formula is C13H15N3O. The van der Waals surface area contributed by atoms with Crippen molar-refractivity contribution in [3.05, 3.63) is 29.6 Å². The fraction of sp³-hybridized carbons (Fsp3) is 0.462. The Kier molecular flexibility index (Phi) is 3.38. The second-order valence-corrected chi connectivity index (χ2v) is 4.27. The lowest BCUT2D eigenvalue weighted by molar-refractivity contribution is 0.0745. The van der Waals surface area contributed by atoms with Gasteiger partial charge in [0.25, 0.3) is 5.91 Å². The van der Waals surface area contributed by atoms with Crippen molar-refractivity contribution in [2.75, 3.05) is 6.54 Å². The maximum atomic E-state index is 12.3. The molecule has 0 aromatic carbocycles. The normalized spacial score (nSPS) is 14.1. The molecule has 0 saturated heterocycles. The summed E-state index contributed by atoms with van der Waals surface area (Å²) >= 11 is 0. The monoisotopic (exact) mass is 229 g/mol. The molecular weight excluding hydrogens is 214 g/mol. The van der Waals surface area contributed by atoms with Crippen LogP contribution in [0.2, 0.25) is 0 Å². The van der Waals surface area contributed by atoms with Crippen molar-refractivity contribution in [1.29, 1.82) is 5.26 Å². The van der Waals surface area contributed by atoms with E-state index in [1.807, 2.05) is 11.8 Å². The molecule has 4 nitrogen and oxygen atoms in total.